The van der Waals surface area contributed by atoms with Gasteiger partial charge in [0.05, 0.1) is 0 Å². The molecular formula is C3H4O3Zn2+4. The van der Waals surface area contributed by atoms with Crippen molar-refractivity contribution in [1.82, 2.24) is 0 Å². The van der Waals surface area contributed by atoms with Crippen molar-refractivity contribution in [1.29, 1.82) is 0 Å². The quantitative estimate of drug-likeness (QED) is 0.484. The summed E-state index contributed by atoms with van der Waals surface area (Å²) in [6, 6.07) is 0. The molecule has 0 atom stereocenters. The summed E-state index contributed by atoms with van der Waals surface area (Å²) in [5, 5.41) is 7.64. The number of Topliss-reactive ketones (excluding diaryl/α,β-unsaturated/α-hetero) is 1. The molecule has 0 fully saturated rings. The first-order valence-electron chi connectivity index (χ1n) is 1.38. The molecule has 0 aliphatic rings. The Kier molecular flexibility index (Phi) is 14.6. The van der Waals surface area contributed by atoms with Gasteiger partial charge < -0.3 is 5.11 Å². The van der Waals surface area contributed by atoms with Crippen LogP contribution >= 0.6 is 0 Å². The second-order valence-electron chi connectivity index (χ2n) is 0.861. The van der Waals surface area contributed by atoms with E-state index in [4.69, 9.17) is 5.11 Å². The van der Waals surface area contributed by atoms with Crippen LogP contribution in [0.3, 0.4) is 0 Å². The van der Waals surface area contributed by atoms with E-state index in [2.05, 4.69) is 0 Å². The Balaban J connectivity index is -0.000000125. The van der Waals surface area contributed by atoms with E-state index in [1.807, 2.05) is 0 Å². The van der Waals surface area contributed by atoms with Gasteiger partial charge in [-0.2, -0.15) is 0 Å². The van der Waals surface area contributed by atoms with Crippen molar-refractivity contribution in [3.63, 3.8) is 0 Å². The fourth-order valence-corrected chi connectivity index (χ4v) is 0. The molecular weight excluding hydrogens is 215 g/mol. The SMILES string of the molecule is CC(=O)C(=O)O.[Zn+2].[Zn+2]. The summed E-state index contributed by atoms with van der Waals surface area (Å²) in [6.45, 7) is 1.00. The minimum Gasteiger partial charge on any atom is -0.476 e. The largest absolute Gasteiger partial charge is 2.00 e. The van der Waals surface area contributed by atoms with E-state index in [0.29, 0.717) is 0 Å². The van der Waals surface area contributed by atoms with Crippen LogP contribution in [0.5, 0.6) is 0 Å². The van der Waals surface area contributed by atoms with E-state index >= 15 is 0 Å². The van der Waals surface area contributed by atoms with Crippen molar-refractivity contribution in [3.8, 4) is 0 Å². The van der Waals surface area contributed by atoms with E-state index in [-0.39, 0.29) is 39.0 Å². The number of hydrogen-bond acceptors (Lipinski definition) is 2. The zero-order chi connectivity index (χ0) is 5.15. The summed E-state index contributed by atoms with van der Waals surface area (Å²) in [6.07, 6.45) is 0. The zero-order valence-corrected chi connectivity index (χ0v) is 10.6. The first-order valence-corrected chi connectivity index (χ1v) is 1.38. The maximum atomic E-state index is 9.54. The van der Waals surface area contributed by atoms with Gasteiger partial charge in [-0.15, -0.1) is 0 Å². The number of hydrogen-bond donors (Lipinski definition) is 1. The van der Waals surface area contributed by atoms with Crippen LogP contribution in [0, 0.1) is 0 Å². The Morgan fingerprint density at radius 1 is 1.25 bits per heavy atom. The number of carbonyl (C=O) groups excluding carboxylic acids is 1. The Morgan fingerprint density at radius 2 is 1.38 bits per heavy atom. The number of ketones is 1. The molecule has 0 radical (unpaired) electrons. The van der Waals surface area contributed by atoms with E-state index in [9.17, 15) is 9.59 Å². The molecule has 0 unspecified atom stereocenters. The van der Waals surface area contributed by atoms with Gasteiger partial charge in [0.25, 0.3) is 0 Å². The molecule has 0 rings (SSSR count). The zero-order valence-electron chi connectivity index (χ0n) is 4.68. The molecule has 0 heterocycles. The first kappa shape index (κ1) is 15.8. The van der Waals surface area contributed by atoms with Crippen molar-refractivity contribution in [2.24, 2.45) is 0 Å². The van der Waals surface area contributed by atoms with Crippen LogP contribution in [0.2, 0.25) is 0 Å². The van der Waals surface area contributed by atoms with Gasteiger partial charge >= 0.3 is 44.9 Å². The van der Waals surface area contributed by atoms with Crippen LogP contribution in [-0.4, -0.2) is 16.9 Å². The number of carboxylic acid groups (broad SMARTS) is 1. The summed E-state index contributed by atoms with van der Waals surface area (Å²) in [5.41, 5.74) is 0. The number of aliphatic carboxylic acids is 1. The maximum Gasteiger partial charge on any atom is 2.00 e. The van der Waals surface area contributed by atoms with Gasteiger partial charge in [0.15, 0.2) is 0 Å². The minimum absolute atomic E-state index is 0. The molecule has 3 nitrogen and oxygen atoms in total. The van der Waals surface area contributed by atoms with E-state index in [0.717, 1.165) is 6.92 Å². The summed E-state index contributed by atoms with van der Waals surface area (Å²) in [5.74, 6) is -2.20. The van der Waals surface area contributed by atoms with Gasteiger partial charge in [-0.05, 0) is 0 Å². The molecule has 0 spiro atoms. The normalized spacial score (nSPS) is 5.62. The predicted octanol–water partition coefficient (Wildman–Crippen LogP) is -0.345. The molecule has 0 bridgehead atoms. The van der Waals surface area contributed by atoms with Crippen LogP contribution in [0.1, 0.15) is 6.92 Å². The third-order valence-electron chi connectivity index (χ3n) is 0.301. The molecule has 0 saturated heterocycles. The van der Waals surface area contributed by atoms with E-state index in [1.165, 1.54) is 0 Å². The molecule has 0 aliphatic heterocycles. The molecule has 0 aromatic carbocycles. The molecule has 34 valence electrons. The topological polar surface area (TPSA) is 54.4 Å². The fraction of sp³-hybridized carbons (Fsp3) is 0.333. The van der Waals surface area contributed by atoms with Crippen LogP contribution in [0.4, 0.5) is 0 Å². The summed E-state index contributed by atoms with van der Waals surface area (Å²) in [7, 11) is 0. The van der Waals surface area contributed by atoms with Gasteiger partial charge in [-0.1, -0.05) is 0 Å². The average Bonchev–Trinajstić information content (AvgIpc) is 1.36. The third-order valence-corrected chi connectivity index (χ3v) is 0.301. The van der Waals surface area contributed by atoms with E-state index < -0.39 is 11.8 Å². The smallest absolute Gasteiger partial charge is 0.476 e. The molecule has 0 aliphatic carbocycles. The predicted molar refractivity (Wildman–Crippen MR) is 18.3 cm³/mol. The minimum atomic E-state index is -1.38. The van der Waals surface area contributed by atoms with Crippen molar-refractivity contribution < 1.29 is 53.7 Å². The Hall–Kier alpha value is 0.387. The van der Waals surface area contributed by atoms with Crippen LogP contribution in [-0.2, 0) is 48.5 Å². The first-order chi connectivity index (χ1) is 2.64. The van der Waals surface area contributed by atoms with Crippen LogP contribution in [0.15, 0.2) is 0 Å². The summed E-state index contributed by atoms with van der Waals surface area (Å²) < 4.78 is 0. The molecule has 0 amide bonds. The Morgan fingerprint density at radius 3 is 1.38 bits per heavy atom. The van der Waals surface area contributed by atoms with E-state index in [1.54, 1.807) is 0 Å². The third kappa shape index (κ3) is 9.63. The van der Waals surface area contributed by atoms with Gasteiger partial charge in [0.1, 0.15) is 0 Å². The standard InChI is InChI=1S/C3H4O3.2Zn/c1-2(4)3(5)6;;/h1H3,(H,5,6);;/q;2*+2. The monoisotopic (exact) mass is 216 g/mol. The number of carbonyl (C=O) groups is 2. The van der Waals surface area contributed by atoms with Crippen molar-refractivity contribution >= 4 is 11.8 Å². The number of rotatable bonds is 1. The molecule has 0 saturated carbocycles. The second kappa shape index (κ2) is 7.39. The summed E-state index contributed by atoms with van der Waals surface area (Å²) in [4.78, 5) is 18.9. The van der Waals surface area contributed by atoms with Crippen molar-refractivity contribution in [3.05, 3.63) is 0 Å². The Labute approximate surface area is 72.4 Å². The van der Waals surface area contributed by atoms with Gasteiger partial charge in [0, 0.05) is 6.92 Å². The molecule has 5 heteroatoms. The van der Waals surface area contributed by atoms with Crippen LogP contribution in [0.25, 0.3) is 0 Å². The van der Waals surface area contributed by atoms with Crippen LogP contribution < -0.4 is 0 Å². The number of carboxylic acids is 1. The van der Waals surface area contributed by atoms with Gasteiger partial charge in [0.2, 0.25) is 5.78 Å². The summed E-state index contributed by atoms with van der Waals surface area (Å²) >= 11 is 0. The molecule has 0 aromatic heterocycles. The second-order valence-corrected chi connectivity index (χ2v) is 0.861. The molecule has 1 N–H and O–H groups in total. The van der Waals surface area contributed by atoms with Crippen molar-refractivity contribution in [2.45, 2.75) is 6.92 Å². The average molecular weight is 219 g/mol. The Bertz CT molecular complexity index is 78.5. The maximum absolute atomic E-state index is 9.54. The molecule has 8 heavy (non-hydrogen) atoms. The van der Waals surface area contributed by atoms with Crippen molar-refractivity contribution in [2.75, 3.05) is 0 Å². The van der Waals surface area contributed by atoms with Gasteiger partial charge in [-0.25, -0.2) is 4.79 Å². The molecule has 0 aromatic rings. The fourth-order valence-electron chi connectivity index (χ4n) is 0. The van der Waals surface area contributed by atoms with Gasteiger partial charge in [-0.3, -0.25) is 4.79 Å².